The van der Waals surface area contributed by atoms with E-state index in [4.69, 9.17) is 9.84 Å². The van der Waals surface area contributed by atoms with Crippen LogP contribution < -0.4 is 0 Å². The van der Waals surface area contributed by atoms with E-state index in [0.717, 1.165) is 11.3 Å². The van der Waals surface area contributed by atoms with Crippen molar-refractivity contribution < 1.29 is 14.6 Å². The van der Waals surface area contributed by atoms with Gasteiger partial charge in [-0.05, 0) is 26.3 Å². The van der Waals surface area contributed by atoms with Crippen LogP contribution in [0.1, 0.15) is 30.9 Å². The number of hydrogen-bond donors (Lipinski definition) is 1. The molecule has 1 aromatic rings. The van der Waals surface area contributed by atoms with Crippen molar-refractivity contribution >= 4 is 5.97 Å². The highest BCUT2D eigenvalue weighted by Crippen LogP contribution is 2.20. The minimum Gasteiger partial charge on any atom is -0.481 e. The number of aromatic nitrogens is 2. The van der Waals surface area contributed by atoms with Crippen LogP contribution in [0.15, 0.2) is 6.20 Å². The van der Waals surface area contributed by atoms with E-state index in [2.05, 4.69) is 9.97 Å². The van der Waals surface area contributed by atoms with Gasteiger partial charge in [-0.15, -0.1) is 0 Å². The van der Waals surface area contributed by atoms with E-state index in [1.807, 2.05) is 6.92 Å². The molecule has 0 aliphatic rings. The van der Waals surface area contributed by atoms with Crippen LogP contribution in [0.5, 0.6) is 0 Å². The molecular formula is C11H16N2O3. The van der Waals surface area contributed by atoms with Gasteiger partial charge in [-0.2, -0.15) is 0 Å². The van der Waals surface area contributed by atoms with E-state index in [0.29, 0.717) is 12.4 Å². The van der Waals surface area contributed by atoms with Crippen molar-refractivity contribution in [2.75, 3.05) is 7.11 Å². The summed E-state index contributed by atoms with van der Waals surface area (Å²) < 4.78 is 5.00. The average molecular weight is 224 g/mol. The van der Waals surface area contributed by atoms with E-state index in [-0.39, 0.29) is 0 Å². The molecule has 0 aliphatic carbocycles. The van der Waals surface area contributed by atoms with Gasteiger partial charge >= 0.3 is 5.97 Å². The summed E-state index contributed by atoms with van der Waals surface area (Å²) in [5.41, 5.74) is 0.532. The summed E-state index contributed by atoms with van der Waals surface area (Å²) in [4.78, 5) is 19.4. The monoisotopic (exact) mass is 224 g/mol. The number of aliphatic carboxylic acids is 1. The van der Waals surface area contributed by atoms with Crippen LogP contribution in [0.3, 0.4) is 0 Å². The molecule has 0 amide bonds. The minimum atomic E-state index is -1.09. The van der Waals surface area contributed by atoms with Gasteiger partial charge in [0.1, 0.15) is 11.2 Å². The maximum atomic E-state index is 11.1. The van der Waals surface area contributed by atoms with Crippen LogP contribution in [-0.4, -0.2) is 28.2 Å². The zero-order valence-corrected chi connectivity index (χ0v) is 9.94. The first-order valence-electron chi connectivity index (χ1n) is 4.95. The van der Waals surface area contributed by atoms with Gasteiger partial charge in [0.25, 0.3) is 0 Å². The van der Waals surface area contributed by atoms with Crippen LogP contribution in [0.2, 0.25) is 0 Å². The lowest BCUT2D eigenvalue weighted by molar-refractivity contribution is -0.142. The number of methoxy groups -OCH3 is 1. The molecule has 0 radical (unpaired) electrons. The molecule has 0 fully saturated rings. The highest BCUT2D eigenvalue weighted by molar-refractivity contribution is 5.78. The molecule has 0 bridgehead atoms. The van der Waals surface area contributed by atoms with E-state index < -0.39 is 11.4 Å². The van der Waals surface area contributed by atoms with Crippen molar-refractivity contribution in [3.63, 3.8) is 0 Å². The SMILES string of the molecule is COCc1nc(C(C)(C)C(=O)O)ncc1C. The molecule has 0 aliphatic heterocycles. The summed E-state index contributed by atoms with van der Waals surface area (Å²) in [7, 11) is 1.57. The third kappa shape index (κ3) is 2.36. The fraction of sp³-hybridized carbons (Fsp3) is 0.545. The van der Waals surface area contributed by atoms with E-state index in [9.17, 15) is 4.79 Å². The number of rotatable bonds is 4. The molecule has 1 heterocycles. The lowest BCUT2D eigenvalue weighted by atomic mass is 9.92. The van der Waals surface area contributed by atoms with Gasteiger partial charge in [0, 0.05) is 13.3 Å². The zero-order valence-electron chi connectivity index (χ0n) is 9.94. The van der Waals surface area contributed by atoms with Crippen molar-refractivity contribution in [3.05, 3.63) is 23.3 Å². The Balaban J connectivity index is 3.17. The fourth-order valence-electron chi connectivity index (χ4n) is 1.16. The van der Waals surface area contributed by atoms with E-state index in [1.54, 1.807) is 27.2 Å². The maximum Gasteiger partial charge on any atom is 0.316 e. The Morgan fingerprint density at radius 1 is 1.56 bits per heavy atom. The first-order valence-corrected chi connectivity index (χ1v) is 4.95. The summed E-state index contributed by atoms with van der Waals surface area (Å²) in [6.07, 6.45) is 1.63. The van der Waals surface area contributed by atoms with Crippen molar-refractivity contribution in [3.8, 4) is 0 Å². The highest BCUT2D eigenvalue weighted by Gasteiger charge is 2.33. The van der Waals surface area contributed by atoms with Crippen molar-refractivity contribution in [1.82, 2.24) is 9.97 Å². The van der Waals surface area contributed by atoms with Crippen LogP contribution in [0.25, 0.3) is 0 Å². The summed E-state index contributed by atoms with van der Waals surface area (Å²) in [5.74, 6) is -0.641. The number of nitrogens with zero attached hydrogens (tertiary/aromatic N) is 2. The summed E-state index contributed by atoms with van der Waals surface area (Å²) in [6.45, 7) is 5.39. The molecule has 0 saturated carbocycles. The molecule has 0 atom stereocenters. The summed E-state index contributed by atoms with van der Waals surface area (Å²) in [5, 5.41) is 9.07. The number of hydrogen-bond acceptors (Lipinski definition) is 4. The van der Waals surface area contributed by atoms with Gasteiger partial charge in [0.15, 0.2) is 0 Å². The van der Waals surface area contributed by atoms with E-state index >= 15 is 0 Å². The van der Waals surface area contributed by atoms with E-state index in [1.165, 1.54) is 0 Å². The van der Waals surface area contributed by atoms with Crippen molar-refractivity contribution in [1.29, 1.82) is 0 Å². The van der Waals surface area contributed by atoms with Crippen molar-refractivity contribution in [2.45, 2.75) is 32.8 Å². The lowest BCUT2D eigenvalue weighted by Gasteiger charge is -2.18. The predicted octanol–water partition coefficient (Wildman–Crippen LogP) is 1.29. The molecular weight excluding hydrogens is 208 g/mol. The predicted molar refractivity (Wildman–Crippen MR) is 58.1 cm³/mol. The maximum absolute atomic E-state index is 11.1. The Bertz CT molecular complexity index is 402. The lowest BCUT2D eigenvalue weighted by Crippen LogP contribution is -2.31. The van der Waals surface area contributed by atoms with Gasteiger partial charge in [0.2, 0.25) is 0 Å². The van der Waals surface area contributed by atoms with Gasteiger partial charge in [-0.1, -0.05) is 0 Å². The molecule has 0 aromatic carbocycles. The quantitative estimate of drug-likeness (QED) is 0.834. The number of ether oxygens (including phenoxy) is 1. The molecule has 0 spiro atoms. The Morgan fingerprint density at radius 3 is 2.69 bits per heavy atom. The van der Waals surface area contributed by atoms with Crippen LogP contribution in [0, 0.1) is 6.92 Å². The molecule has 1 N–H and O–H groups in total. The molecule has 1 rings (SSSR count). The molecule has 16 heavy (non-hydrogen) atoms. The van der Waals surface area contributed by atoms with Crippen LogP contribution in [-0.2, 0) is 21.6 Å². The minimum absolute atomic E-state index is 0.303. The summed E-state index contributed by atoms with van der Waals surface area (Å²) >= 11 is 0. The van der Waals surface area contributed by atoms with Crippen LogP contribution >= 0.6 is 0 Å². The second-order valence-electron chi connectivity index (χ2n) is 4.19. The zero-order chi connectivity index (χ0) is 12.3. The first kappa shape index (κ1) is 12.6. The highest BCUT2D eigenvalue weighted by atomic mass is 16.5. The second-order valence-corrected chi connectivity index (χ2v) is 4.19. The normalized spacial score (nSPS) is 11.5. The van der Waals surface area contributed by atoms with Gasteiger partial charge in [0.05, 0.1) is 12.3 Å². The number of carboxylic acids is 1. The van der Waals surface area contributed by atoms with Crippen molar-refractivity contribution in [2.24, 2.45) is 0 Å². The molecule has 88 valence electrons. The average Bonchev–Trinajstić information content (AvgIpc) is 2.21. The third-order valence-electron chi connectivity index (χ3n) is 2.45. The van der Waals surface area contributed by atoms with Crippen LogP contribution in [0.4, 0.5) is 0 Å². The Kier molecular flexibility index (Phi) is 3.59. The molecule has 5 heteroatoms. The van der Waals surface area contributed by atoms with Gasteiger partial charge in [-0.3, -0.25) is 4.79 Å². The third-order valence-corrected chi connectivity index (χ3v) is 2.45. The second kappa shape index (κ2) is 4.57. The van der Waals surface area contributed by atoms with Gasteiger partial charge < -0.3 is 9.84 Å². The van der Waals surface area contributed by atoms with Gasteiger partial charge in [-0.25, -0.2) is 9.97 Å². The number of carboxylic acid groups (broad SMARTS) is 1. The molecule has 0 saturated heterocycles. The first-order chi connectivity index (χ1) is 7.39. The smallest absolute Gasteiger partial charge is 0.316 e. The Hall–Kier alpha value is -1.49. The molecule has 5 nitrogen and oxygen atoms in total. The fourth-order valence-corrected chi connectivity index (χ4v) is 1.16. The summed E-state index contributed by atoms with van der Waals surface area (Å²) in [6, 6.07) is 0. The number of carbonyl (C=O) groups is 1. The standard InChI is InChI=1S/C11H16N2O3/c1-7-5-12-9(11(2,3)10(14)15)13-8(7)6-16-4/h5H,6H2,1-4H3,(H,14,15). The topological polar surface area (TPSA) is 72.3 Å². The largest absolute Gasteiger partial charge is 0.481 e. The Morgan fingerprint density at radius 2 is 2.19 bits per heavy atom. The number of aryl methyl sites for hydroxylation is 1. The Labute approximate surface area is 94.5 Å². The molecule has 1 aromatic heterocycles. The molecule has 0 unspecified atom stereocenters.